The molecule has 0 fully saturated rings. The molecule has 0 saturated carbocycles. The molecule has 2 rings (SSSR count). The Hall–Kier alpha value is -1.61. The highest BCUT2D eigenvalue weighted by atomic mass is 15.1. The molecule has 96 valence electrons. The van der Waals surface area contributed by atoms with Gasteiger partial charge in [0, 0.05) is 17.3 Å². The summed E-state index contributed by atoms with van der Waals surface area (Å²) in [6.07, 6.45) is 0. The number of hydrogen-bond donors (Lipinski definition) is 1. The van der Waals surface area contributed by atoms with Crippen LogP contribution in [0.1, 0.15) is 30.0 Å². The Balaban J connectivity index is 2.30. The molecule has 1 aromatic carbocycles. The topological polar surface area (TPSA) is 31.9 Å². The summed E-state index contributed by atoms with van der Waals surface area (Å²) in [5.41, 5.74) is 4.68. The molecule has 1 heterocycles. The van der Waals surface area contributed by atoms with Gasteiger partial charge >= 0.3 is 0 Å². The van der Waals surface area contributed by atoms with E-state index in [0.717, 1.165) is 17.2 Å². The SMILES string of the molecule is Cc1nc(-c2ccc([C@@H](C)N(C)C)cc2)c(C)[nH]1. The highest BCUT2D eigenvalue weighted by Crippen LogP contribution is 2.24. The smallest absolute Gasteiger partial charge is 0.103 e. The molecule has 0 aliphatic heterocycles. The molecule has 0 aliphatic carbocycles. The summed E-state index contributed by atoms with van der Waals surface area (Å²) >= 11 is 0. The summed E-state index contributed by atoms with van der Waals surface area (Å²) < 4.78 is 0. The molecule has 18 heavy (non-hydrogen) atoms. The number of rotatable bonds is 3. The Morgan fingerprint density at radius 2 is 1.72 bits per heavy atom. The van der Waals surface area contributed by atoms with Gasteiger partial charge in [0.05, 0.1) is 5.69 Å². The van der Waals surface area contributed by atoms with E-state index in [1.165, 1.54) is 11.1 Å². The summed E-state index contributed by atoms with van der Waals surface area (Å²) in [6.45, 7) is 6.25. The molecular weight excluding hydrogens is 222 g/mol. The van der Waals surface area contributed by atoms with Crippen LogP contribution >= 0.6 is 0 Å². The minimum absolute atomic E-state index is 0.432. The van der Waals surface area contributed by atoms with E-state index in [4.69, 9.17) is 0 Å². The van der Waals surface area contributed by atoms with Crippen LogP contribution < -0.4 is 0 Å². The molecule has 0 saturated heterocycles. The maximum absolute atomic E-state index is 4.52. The first kappa shape index (κ1) is 12.8. The van der Waals surface area contributed by atoms with Crippen molar-refractivity contribution in [1.82, 2.24) is 14.9 Å². The van der Waals surface area contributed by atoms with Crippen molar-refractivity contribution < 1.29 is 0 Å². The van der Waals surface area contributed by atoms with Crippen LogP contribution in [0, 0.1) is 13.8 Å². The van der Waals surface area contributed by atoms with Crippen molar-refractivity contribution in [3.05, 3.63) is 41.3 Å². The number of aromatic amines is 1. The number of aryl methyl sites for hydroxylation is 2. The number of imidazole rings is 1. The van der Waals surface area contributed by atoms with E-state index < -0.39 is 0 Å². The number of benzene rings is 1. The molecule has 2 aromatic rings. The Morgan fingerprint density at radius 3 is 2.17 bits per heavy atom. The third-order valence-corrected chi connectivity index (χ3v) is 3.44. The van der Waals surface area contributed by atoms with Crippen LogP contribution in [0.15, 0.2) is 24.3 Å². The molecule has 0 unspecified atom stereocenters. The Morgan fingerprint density at radius 1 is 1.11 bits per heavy atom. The van der Waals surface area contributed by atoms with Gasteiger partial charge in [-0.05, 0) is 40.4 Å². The molecule has 1 atom stereocenters. The van der Waals surface area contributed by atoms with Crippen molar-refractivity contribution >= 4 is 0 Å². The van der Waals surface area contributed by atoms with Gasteiger partial charge in [-0.3, -0.25) is 0 Å². The lowest BCUT2D eigenvalue weighted by molar-refractivity contribution is 0.321. The number of aromatic nitrogens is 2. The van der Waals surface area contributed by atoms with Crippen LogP contribution in [0.3, 0.4) is 0 Å². The van der Waals surface area contributed by atoms with Gasteiger partial charge in [-0.25, -0.2) is 4.98 Å². The van der Waals surface area contributed by atoms with Crippen LogP contribution in [0.25, 0.3) is 11.3 Å². The van der Waals surface area contributed by atoms with Crippen molar-refractivity contribution in [2.45, 2.75) is 26.8 Å². The fourth-order valence-corrected chi connectivity index (χ4v) is 2.11. The molecule has 0 radical (unpaired) electrons. The van der Waals surface area contributed by atoms with E-state index in [-0.39, 0.29) is 0 Å². The lowest BCUT2D eigenvalue weighted by Crippen LogP contribution is -2.16. The number of H-pyrrole nitrogens is 1. The van der Waals surface area contributed by atoms with Crippen LogP contribution in [0.4, 0.5) is 0 Å². The zero-order valence-corrected chi connectivity index (χ0v) is 11.8. The summed E-state index contributed by atoms with van der Waals surface area (Å²) in [5, 5.41) is 0. The summed E-state index contributed by atoms with van der Waals surface area (Å²) in [4.78, 5) is 9.97. The predicted molar refractivity (Wildman–Crippen MR) is 75.6 cm³/mol. The fraction of sp³-hybridized carbons (Fsp3) is 0.400. The molecular formula is C15H21N3. The minimum Gasteiger partial charge on any atom is -0.346 e. The van der Waals surface area contributed by atoms with E-state index >= 15 is 0 Å². The molecule has 0 bridgehead atoms. The van der Waals surface area contributed by atoms with Crippen molar-refractivity contribution in [2.75, 3.05) is 14.1 Å². The van der Waals surface area contributed by atoms with Gasteiger partial charge in [0.2, 0.25) is 0 Å². The first-order chi connectivity index (χ1) is 8.49. The van der Waals surface area contributed by atoms with E-state index in [2.05, 4.69) is 67.1 Å². The lowest BCUT2D eigenvalue weighted by atomic mass is 10.0. The van der Waals surface area contributed by atoms with E-state index in [9.17, 15) is 0 Å². The van der Waals surface area contributed by atoms with Gasteiger partial charge in [0.25, 0.3) is 0 Å². The normalized spacial score (nSPS) is 13.0. The third kappa shape index (κ3) is 2.46. The molecule has 0 aliphatic rings. The van der Waals surface area contributed by atoms with Gasteiger partial charge in [0.1, 0.15) is 5.82 Å². The highest BCUT2D eigenvalue weighted by Gasteiger charge is 2.10. The quantitative estimate of drug-likeness (QED) is 0.896. The van der Waals surface area contributed by atoms with E-state index in [1.54, 1.807) is 0 Å². The Bertz CT molecular complexity index is 523. The number of nitrogens with zero attached hydrogens (tertiary/aromatic N) is 2. The van der Waals surface area contributed by atoms with Gasteiger partial charge < -0.3 is 9.88 Å². The molecule has 1 N–H and O–H groups in total. The van der Waals surface area contributed by atoms with E-state index in [0.29, 0.717) is 6.04 Å². The number of hydrogen-bond acceptors (Lipinski definition) is 2. The molecule has 1 aromatic heterocycles. The van der Waals surface area contributed by atoms with E-state index in [1.807, 2.05) is 6.92 Å². The van der Waals surface area contributed by atoms with Crippen LogP contribution in [-0.4, -0.2) is 29.0 Å². The zero-order chi connectivity index (χ0) is 13.3. The van der Waals surface area contributed by atoms with Crippen molar-refractivity contribution in [2.24, 2.45) is 0 Å². The predicted octanol–water partition coefficient (Wildman–Crippen LogP) is 3.32. The molecule has 3 nitrogen and oxygen atoms in total. The third-order valence-electron chi connectivity index (χ3n) is 3.44. The summed E-state index contributed by atoms with van der Waals surface area (Å²) in [6, 6.07) is 9.10. The second kappa shape index (κ2) is 4.94. The minimum atomic E-state index is 0.432. The van der Waals surface area contributed by atoms with Gasteiger partial charge in [-0.2, -0.15) is 0 Å². The highest BCUT2D eigenvalue weighted by molar-refractivity contribution is 5.62. The average molecular weight is 243 g/mol. The van der Waals surface area contributed by atoms with Gasteiger partial charge in [-0.15, -0.1) is 0 Å². The van der Waals surface area contributed by atoms with Crippen LogP contribution in [0.2, 0.25) is 0 Å². The maximum Gasteiger partial charge on any atom is 0.103 e. The van der Waals surface area contributed by atoms with Gasteiger partial charge in [-0.1, -0.05) is 24.3 Å². The monoisotopic (exact) mass is 243 g/mol. The van der Waals surface area contributed by atoms with Crippen molar-refractivity contribution in [3.63, 3.8) is 0 Å². The molecule has 0 amide bonds. The second-order valence-electron chi connectivity index (χ2n) is 5.06. The summed E-state index contributed by atoms with van der Waals surface area (Å²) in [7, 11) is 4.19. The standard InChI is InChI=1S/C15H21N3/c1-10-15(17-12(3)16-10)14-8-6-13(7-9-14)11(2)18(4)5/h6-9,11H,1-5H3,(H,16,17)/t11-/m1/s1. The first-order valence-electron chi connectivity index (χ1n) is 6.29. The molecule has 3 heteroatoms. The average Bonchev–Trinajstić information content (AvgIpc) is 2.67. The van der Waals surface area contributed by atoms with Crippen LogP contribution in [0.5, 0.6) is 0 Å². The zero-order valence-electron chi connectivity index (χ0n) is 11.8. The maximum atomic E-state index is 4.52. The fourth-order valence-electron chi connectivity index (χ4n) is 2.11. The first-order valence-corrected chi connectivity index (χ1v) is 6.29. The second-order valence-corrected chi connectivity index (χ2v) is 5.06. The Labute approximate surface area is 109 Å². The van der Waals surface area contributed by atoms with Gasteiger partial charge in [0.15, 0.2) is 0 Å². The Kier molecular flexibility index (Phi) is 3.53. The van der Waals surface area contributed by atoms with Crippen LogP contribution in [-0.2, 0) is 0 Å². The number of nitrogens with one attached hydrogen (secondary N) is 1. The largest absolute Gasteiger partial charge is 0.346 e. The summed E-state index contributed by atoms with van der Waals surface area (Å²) in [5.74, 6) is 0.966. The lowest BCUT2D eigenvalue weighted by Gasteiger charge is -2.20. The van der Waals surface area contributed by atoms with Crippen molar-refractivity contribution in [3.8, 4) is 11.3 Å². The van der Waals surface area contributed by atoms with Crippen molar-refractivity contribution in [1.29, 1.82) is 0 Å². The molecule has 0 spiro atoms.